The van der Waals surface area contributed by atoms with Gasteiger partial charge in [0.05, 0.1) is 0 Å². The maximum Gasteiger partial charge on any atom is 0.138 e. The van der Waals surface area contributed by atoms with Gasteiger partial charge >= 0.3 is 0 Å². The predicted molar refractivity (Wildman–Crippen MR) is 90.1 cm³/mol. The lowest BCUT2D eigenvalue weighted by Crippen LogP contribution is -2.42. The molecular weight excluding hydrogens is 260 g/mol. The van der Waals surface area contributed by atoms with Gasteiger partial charge in [-0.25, -0.2) is 9.97 Å². The Labute approximate surface area is 129 Å². The van der Waals surface area contributed by atoms with Gasteiger partial charge < -0.3 is 10.6 Å². The quantitative estimate of drug-likeness (QED) is 0.850. The summed E-state index contributed by atoms with van der Waals surface area (Å²) in [7, 11) is 0. The van der Waals surface area contributed by atoms with Crippen LogP contribution in [0.3, 0.4) is 0 Å². The molecule has 1 aromatic rings. The number of nitrogens with zero attached hydrogens (tertiary/aromatic N) is 2. The number of nitrogens with one attached hydrogen (secondary N) is 2. The minimum atomic E-state index is -0.0483. The molecule has 1 heterocycles. The molecule has 4 heteroatoms. The molecule has 0 amide bonds. The maximum absolute atomic E-state index is 4.82. The van der Waals surface area contributed by atoms with Crippen molar-refractivity contribution in [3.63, 3.8) is 0 Å². The molecule has 0 aliphatic heterocycles. The second-order valence-corrected chi connectivity index (χ2v) is 7.59. The van der Waals surface area contributed by atoms with Crippen LogP contribution in [-0.2, 0) is 5.41 Å². The van der Waals surface area contributed by atoms with Crippen molar-refractivity contribution >= 4 is 11.6 Å². The summed E-state index contributed by atoms with van der Waals surface area (Å²) in [5.41, 5.74) is 1.29. The minimum absolute atomic E-state index is 0.0483. The van der Waals surface area contributed by atoms with E-state index in [-0.39, 0.29) is 11.0 Å². The molecule has 2 rings (SSSR count). The highest BCUT2D eigenvalue weighted by Crippen LogP contribution is 2.36. The fraction of sp³-hybridized carbons (Fsp3) is 0.765. The fourth-order valence-electron chi connectivity index (χ4n) is 2.51. The Morgan fingerprint density at radius 2 is 1.76 bits per heavy atom. The number of rotatable bonds is 5. The molecule has 0 saturated heterocycles. The maximum atomic E-state index is 4.82. The summed E-state index contributed by atoms with van der Waals surface area (Å²) in [4.78, 5) is 9.57. The molecule has 1 fully saturated rings. The summed E-state index contributed by atoms with van der Waals surface area (Å²) in [6.45, 7) is 14.0. The van der Waals surface area contributed by atoms with Gasteiger partial charge in [0, 0.05) is 23.1 Å². The van der Waals surface area contributed by atoms with Gasteiger partial charge in [0.15, 0.2) is 0 Å². The average molecular weight is 290 g/mol. The van der Waals surface area contributed by atoms with Crippen LogP contribution in [0.15, 0.2) is 0 Å². The molecule has 1 saturated carbocycles. The molecular formula is C17H30N4. The van der Waals surface area contributed by atoms with E-state index in [0.717, 1.165) is 36.0 Å². The summed E-state index contributed by atoms with van der Waals surface area (Å²) in [5.74, 6) is 2.87. The van der Waals surface area contributed by atoms with Crippen LogP contribution in [0, 0.1) is 6.92 Å². The summed E-state index contributed by atoms with van der Waals surface area (Å²) < 4.78 is 0. The summed E-state index contributed by atoms with van der Waals surface area (Å²) in [6.07, 6.45) is 4.84. The van der Waals surface area contributed by atoms with Crippen LogP contribution in [0.2, 0.25) is 0 Å². The highest BCUT2D eigenvalue weighted by molar-refractivity contribution is 5.58. The molecule has 0 spiro atoms. The molecule has 4 nitrogen and oxygen atoms in total. The molecule has 21 heavy (non-hydrogen) atoms. The van der Waals surface area contributed by atoms with Crippen LogP contribution in [0.1, 0.15) is 71.7 Å². The third kappa shape index (κ3) is 3.66. The third-order valence-corrected chi connectivity index (χ3v) is 4.24. The molecule has 1 aliphatic carbocycles. The first-order valence-electron chi connectivity index (χ1n) is 8.16. The van der Waals surface area contributed by atoms with Crippen molar-refractivity contribution in [2.45, 2.75) is 78.2 Å². The SMILES string of the molecule is CCCNc1nc(C(C)(C)C)nc(NC2(C)CCC2)c1C. The number of aromatic nitrogens is 2. The van der Waals surface area contributed by atoms with Gasteiger partial charge in [0.25, 0.3) is 0 Å². The molecule has 118 valence electrons. The van der Waals surface area contributed by atoms with Crippen molar-refractivity contribution < 1.29 is 0 Å². The van der Waals surface area contributed by atoms with Gasteiger partial charge in [-0.15, -0.1) is 0 Å². The topological polar surface area (TPSA) is 49.8 Å². The molecule has 0 atom stereocenters. The van der Waals surface area contributed by atoms with Gasteiger partial charge in [0.1, 0.15) is 17.5 Å². The zero-order valence-electron chi connectivity index (χ0n) is 14.4. The van der Waals surface area contributed by atoms with E-state index in [1.807, 2.05) is 0 Å². The predicted octanol–water partition coefficient (Wildman–Crippen LogP) is 4.26. The second-order valence-electron chi connectivity index (χ2n) is 7.59. The Kier molecular flexibility index (Phi) is 4.45. The normalized spacial score (nSPS) is 17.2. The Hall–Kier alpha value is -1.32. The molecule has 1 aliphatic rings. The lowest BCUT2D eigenvalue weighted by molar-refractivity contribution is 0.305. The van der Waals surface area contributed by atoms with Gasteiger partial charge in [-0.1, -0.05) is 27.7 Å². The fourth-order valence-corrected chi connectivity index (χ4v) is 2.51. The van der Waals surface area contributed by atoms with Crippen LogP contribution in [-0.4, -0.2) is 22.1 Å². The third-order valence-electron chi connectivity index (χ3n) is 4.24. The largest absolute Gasteiger partial charge is 0.370 e. The number of anilines is 2. The van der Waals surface area contributed by atoms with Crippen LogP contribution < -0.4 is 10.6 Å². The van der Waals surface area contributed by atoms with Gasteiger partial charge in [-0.2, -0.15) is 0 Å². The van der Waals surface area contributed by atoms with E-state index in [1.54, 1.807) is 0 Å². The Morgan fingerprint density at radius 1 is 1.14 bits per heavy atom. The van der Waals surface area contributed by atoms with E-state index in [4.69, 9.17) is 9.97 Å². The minimum Gasteiger partial charge on any atom is -0.370 e. The molecule has 0 aromatic carbocycles. The van der Waals surface area contributed by atoms with E-state index >= 15 is 0 Å². The number of hydrogen-bond acceptors (Lipinski definition) is 4. The molecule has 0 radical (unpaired) electrons. The first-order chi connectivity index (χ1) is 9.75. The lowest BCUT2D eigenvalue weighted by atomic mass is 9.78. The highest BCUT2D eigenvalue weighted by Gasteiger charge is 2.33. The Morgan fingerprint density at radius 3 is 2.24 bits per heavy atom. The van der Waals surface area contributed by atoms with E-state index in [2.05, 4.69) is 52.2 Å². The summed E-state index contributed by atoms with van der Waals surface area (Å²) >= 11 is 0. The van der Waals surface area contributed by atoms with Crippen molar-refractivity contribution in [3.05, 3.63) is 11.4 Å². The first kappa shape index (κ1) is 16.1. The Bertz CT molecular complexity index is 498. The smallest absolute Gasteiger partial charge is 0.138 e. The van der Waals surface area contributed by atoms with Crippen LogP contribution in [0.4, 0.5) is 11.6 Å². The first-order valence-corrected chi connectivity index (χ1v) is 8.16. The van der Waals surface area contributed by atoms with Crippen molar-refractivity contribution in [3.8, 4) is 0 Å². The zero-order valence-corrected chi connectivity index (χ0v) is 14.4. The molecule has 0 bridgehead atoms. The lowest BCUT2D eigenvalue weighted by Gasteiger charge is -2.40. The molecule has 2 N–H and O–H groups in total. The Balaban J connectivity index is 2.36. The summed E-state index contributed by atoms with van der Waals surface area (Å²) in [5, 5.41) is 7.11. The molecule has 0 unspecified atom stereocenters. The second kappa shape index (κ2) is 5.82. The monoisotopic (exact) mass is 290 g/mol. The summed E-state index contributed by atoms with van der Waals surface area (Å²) in [6, 6.07) is 0. The average Bonchev–Trinajstić information content (AvgIpc) is 2.36. The van der Waals surface area contributed by atoms with Crippen LogP contribution in [0.5, 0.6) is 0 Å². The van der Waals surface area contributed by atoms with Crippen molar-refractivity contribution in [2.24, 2.45) is 0 Å². The molecule has 1 aromatic heterocycles. The van der Waals surface area contributed by atoms with Crippen molar-refractivity contribution in [1.29, 1.82) is 0 Å². The van der Waals surface area contributed by atoms with Crippen molar-refractivity contribution in [2.75, 3.05) is 17.2 Å². The number of hydrogen-bond donors (Lipinski definition) is 2. The van der Waals surface area contributed by atoms with E-state index < -0.39 is 0 Å². The van der Waals surface area contributed by atoms with Crippen LogP contribution in [0.25, 0.3) is 0 Å². The van der Waals surface area contributed by atoms with Gasteiger partial charge in [-0.3, -0.25) is 0 Å². The van der Waals surface area contributed by atoms with Gasteiger partial charge in [-0.05, 0) is 39.5 Å². The highest BCUT2D eigenvalue weighted by atomic mass is 15.1. The van der Waals surface area contributed by atoms with E-state index in [1.165, 1.54) is 19.3 Å². The zero-order chi connectivity index (χ0) is 15.7. The van der Waals surface area contributed by atoms with Crippen molar-refractivity contribution in [1.82, 2.24) is 9.97 Å². The van der Waals surface area contributed by atoms with Crippen LogP contribution >= 0.6 is 0 Å². The van der Waals surface area contributed by atoms with E-state index in [9.17, 15) is 0 Å². The van der Waals surface area contributed by atoms with Gasteiger partial charge in [0.2, 0.25) is 0 Å². The van der Waals surface area contributed by atoms with E-state index in [0.29, 0.717) is 0 Å². The standard InChI is InChI=1S/C17H30N4/c1-7-11-18-13-12(2)14(21-17(6)9-8-10-17)20-15(19-13)16(3,4)5/h7-11H2,1-6H3,(H2,18,19,20,21).